The number of amides is 1. The lowest BCUT2D eigenvalue weighted by atomic mass is 9.95. The molecule has 1 atom stereocenters. The van der Waals surface area contributed by atoms with E-state index in [0.717, 1.165) is 16.7 Å². The van der Waals surface area contributed by atoms with Crippen LogP contribution in [0.1, 0.15) is 57.6 Å². The van der Waals surface area contributed by atoms with E-state index in [2.05, 4.69) is 25.9 Å². The van der Waals surface area contributed by atoms with Crippen LogP contribution >= 0.6 is 11.6 Å². The number of halogens is 1. The third-order valence-electron chi connectivity index (χ3n) is 5.45. The van der Waals surface area contributed by atoms with E-state index < -0.39 is 11.8 Å². The molecule has 1 aliphatic rings. The lowest BCUT2D eigenvalue weighted by Crippen LogP contribution is -2.41. The summed E-state index contributed by atoms with van der Waals surface area (Å²) in [7, 11) is 0. The number of nitrogens with one attached hydrogen (secondary N) is 2. The highest BCUT2D eigenvalue weighted by Crippen LogP contribution is 2.30. The number of hydrogen-bond acceptors (Lipinski definition) is 8. The summed E-state index contributed by atoms with van der Waals surface area (Å²) in [6.07, 6.45) is -1.17. The summed E-state index contributed by atoms with van der Waals surface area (Å²) in [6, 6.07) is 12.8. The van der Waals surface area contributed by atoms with Crippen molar-refractivity contribution in [1.29, 1.82) is 0 Å². The zero-order chi connectivity index (χ0) is 25.3. The summed E-state index contributed by atoms with van der Waals surface area (Å²) in [5, 5.41) is 23.6. The fourth-order valence-electron chi connectivity index (χ4n) is 3.35. The lowest BCUT2D eigenvalue weighted by Gasteiger charge is -2.24. The van der Waals surface area contributed by atoms with Crippen LogP contribution in [0.2, 0.25) is 5.02 Å². The van der Waals surface area contributed by atoms with Gasteiger partial charge in [0.05, 0.1) is 10.7 Å². The number of hydrogen-bond donors (Lipinski definition) is 3. The van der Waals surface area contributed by atoms with E-state index in [1.165, 1.54) is 5.01 Å². The number of benzene rings is 2. The Balaban J connectivity index is 1.48. The Morgan fingerprint density at radius 1 is 1.17 bits per heavy atom. The average Bonchev–Trinajstić information content (AvgIpc) is 3.45. The molecule has 1 unspecified atom stereocenters. The summed E-state index contributed by atoms with van der Waals surface area (Å²) < 4.78 is 5.71. The predicted octanol–water partition coefficient (Wildman–Crippen LogP) is 4.22. The van der Waals surface area contributed by atoms with Crippen LogP contribution in [0.3, 0.4) is 0 Å². The second-order valence-corrected chi connectivity index (χ2v) is 10.1. The lowest BCUT2D eigenvalue weighted by molar-refractivity contribution is -0.128. The molecule has 10 heteroatoms. The molecule has 0 spiro atoms. The van der Waals surface area contributed by atoms with Gasteiger partial charge in [0, 0.05) is 29.0 Å². The number of hydrazine groups is 1. The van der Waals surface area contributed by atoms with Gasteiger partial charge >= 0.3 is 0 Å². The van der Waals surface area contributed by atoms with Crippen LogP contribution in [-0.4, -0.2) is 33.4 Å². The molecular weight excluding hydrogens is 468 g/mol. The summed E-state index contributed by atoms with van der Waals surface area (Å²) in [4.78, 5) is 16.5. The van der Waals surface area contributed by atoms with Gasteiger partial charge in [0.2, 0.25) is 24.0 Å². The number of aliphatic imine (C=N–C) groups is 1. The minimum Gasteiger partial charge on any atom is -0.420 e. The van der Waals surface area contributed by atoms with Gasteiger partial charge in [-0.1, -0.05) is 64.4 Å². The van der Waals surface area contributed by atoms with E-state index in [-0.39, 0.29) is 11.8 Å². The standard InChI is InChI=1S/C25H29ClN6O3/c1-14(2)21-29-30-22(35-21)17-9-7-16(8-10-17)20-28-24(34)32(31-20)19-12-15(6-11-18(19)26)13-27-23(33)25(3,4)5/h6-12,14,24,34H,13H2,1-5H3,(H,27,33)(H,28,31). The van der Waals surface area contributed by atoms with Crippen LogP contribution in [0.4, 0.5) is 5.69 Å². The van der Waals surface area contributed by atoms with Crippen LogP contribution in [0, 0.1) is 5.41 Å². The van der Waals surface area contributed by atoms with Gasteiger partial charge in [0.15, 0.2) is 5.84 Å². The van der Waals surface area contributed by atoms with Crippen LogP contribution in [-0.2, 0) is 11.3 Å². The minimum absolute atomic E-state index is 0.0524. The van der Waals surface area contributed by atoms with Crippen molar-refractivity contribution < 1.29 is 14.3 Å². The van der Waals surface area contributed by atoms with Gasteiger partial charge < -0.3 is 14.8 Å². The molecular formula is C25H29ClN6O3. The Kier molecular flexibility index (Phi) is 6.82. The number of nitrogens with zero attached hydrogens (tertiary/aromatic N) is 4. The topological polar surface area (TPSA) is 116 Å². The number of aliphatic hydroxyl groups excluding tert-OH is 1. The Labute approximate surface area is 209 Å². The van der Waals surface area contributed by atoms with Crippen molar-refractivity contribution in [3.63, 3.8) is 0 Å². The van der Waals surface area contributed by atoms with Crippen molar-refractivity contribution in [3.8, 4) is 11.5 Å². The summed E-state index contributed by atoms with van der Waals surface area (Å²) in [5.74, 6) is 1.62. The number of amidine groups is 1. The van der Waals surface area contributed by atoms with E-state index in [4.69, 9.17) is 16.0 Å². The fraction of sp³-hybridized carbons (Fsp3) is 0.360. The molecule has 1 aromatic heterocycles. The SMILES string of the molecule is CC(C)c1nnc(-c2ccc(C3=NC(O)N(c4cc(CNC(=O)C(C)(C)C)ccc4Cl)N3)cc2)o1. The number of aliphatic hydroxyl groups is 1. The molecule has 3 N–H and O–H groups in total. The Hall–Kier alpha value is -3.43. The van der Waals surface area contributed by atoms with Crippen molar-refractivity contribution in [1.82, 2.24) is 20.9 Å². The first-order valence-electron chi connectivity index (χ1n) is 11.4. The first-order chi connectivity index (χ1) is 16.5. The van der Waals surface area contributed by atoms with E-state index >= 15 is 0 Å². The van der Waals surface area contributed by atoms with Gasteiger partial charge in [-0.05, 0) is 29.8 Å². The molecule has 9 nitrogen and oxygen atoms in total. The highest BCUT2D eigenvalue weighted by molar-refractivity contribution is 6.33. The van der Waals surface area contributed by atoms with Gasteiger partial charge in [-0.3, -0.25) is 10.2 Å². The van der Waals surface area contributed by atoms with Crippen LogP contribution in [0.5, 0.6) is 0 Å². The third kappa shape index (κ3) is 5.47. The first kappa shape index (κ1) is 24.7. The van der Waals surface area contributed by atoms with Crippen molar-refractivity contribution in [2.24, 2.45) is 10.4 Å². The molecule has 3 aromatic rings. The number of rotatable bonds is 6. The Bertz CT molecular complexity index is 1250. The fourth-order valence-corrected chi connectivity index (χ4v) is 3.56. The minimum atomic E-state index is -1.17. The van der Waals surface area contributed by atoms with Gasteiger partial charge in [-0.15, -0.1) is 10.2 Å². The number of aromatic nitrogens is 2. The second kappa shape index (κ2) is 9.67. The second-order valence-electron chi connectivity index (χ2n) is 9.70. The molecule has 35 heavy (non-hydrogen) atoms. The Morgan fingerprint density at radius 2 is 1.86 bits per heavy atom. The van der Waals surface area contributed by atoms with E-state index in [1.807, 2.05) is 71.0 Å². The molecule has 0 saturated heterocycles. The number of carbonyl (C=O) groups is 1. The third-order valence-corrected chi connectivity index (χ3v) is 5.77. The molecule has 1 aliphatic heterocycles. The normalized spacial score (nSPS) is 15.8. The van der Waals surface area contributed by atoms with E-state index in [0.29, 0.717) is 34.9 Å². The van der Waals surface area contributed by atoms with Crippen molar-refractivity contribution in [3.05, 3.63) is 64.5 Å². The van der Waals surface area contributed by atoms with Crippen LogP contribution in [0.25, 0.3) is 11.5 Å². The molecule has 0 saturated carbocycles. The van der Waals surface area contributed by atoms with Gasteiger partial charge in [-0.2, -0.15) is 0 Å². The predicted molar refractivity (Wildman–Crippen MR) is 135 cm³/mol. The number of carbonyl (C=O) groups excluding carboxylic acids is 1. The smallest absolute Gasteiger partial charge is 0.247 e. The maximum Gasteiger partial charge on any atom is 0.247 e. The van der Waals surface area contributed by atoms with Crippen molar-refractivity contribution in [2.45, 2.75) is 53.4 Å². The maximum absolute atomic E-state index is 12.2. The van der Waals surface area contributed by atoms with Gasteiger partial charge in [0.25, 0.3) is 0 Å². The molecule has 0 aliphatic carbocycles. The highest BCUT2D eigenvalue weighted by Gasteiger charge is 2.27. The summed E-state index contributed by atoms with van der Waals surface area (Å²) >= 11 is 6.43. The Morgan fingerprint density at radius 3 is 2.49 bits per heavy atom. The van der Waals surface area contributed by atoms with Gasteiger partial charge in [-0.25, -0.2) is 10.0 Å². The maximum atomic E-state index is 12.2. The van der Waals surface area contributed by atoms with E-state index in [1.54, 1.807) is 6.07 Å². The monoisotopic (exact) mass is 496 g/mol. The molecule has 2 aromatic carbocycles. The van der Waals surface area contributed by atoms with Crippen molar-refractivity contribution in [2.75, 3.05) is 5.01 Å². The average molecular weight is 497 g/mol. The molecule has 0 bridgehead atoms. The highest BCUT2D eigenvalue weighted by atomic mass is 35.5. The molecule has 0 radical (unpaired) electrons. The molecule has 184 valence electrons. The number of anilines is 1. The molecule has 1 amide bonds. The summed E-state index contributed by atoms with van der Waals surface area (Å²) in [5.41, 5.74) is 5.58. The largest absolute Gasteiger partial charge is 0.420 e. The van der Waals surface area contributed by atoms with Gasteiger partial charge in [0.1, 0.15) is 0 Å². The quantitative estimate of drug-likeness (QED) is 0.467. The van der Waals surface area contributed by atoms with Crippen LogP contribution in [0.15, 0.2) is 51.9 Å². The zero-order valence-corrected chi connectivity index (χ0v) is 21.1. The molecule has 0 fully saturated rings. The molecule has 2 heterocycles. The zero-order valence-electron chi connectivity index (χ0n) is 20.3. The van der Waals surface area contributed by atoms with E-state index in [9.17, 15) is 9.90 Å². The summed E-state index contributed by atoms with van der Waals surface area (Å²) in [6.45, 7) is 9.90. The van der Waals surface area contributed by atoms with Crippen molar-refractivity contribution >= 4 is 29.0 Å². The molecule has 4 rings (SSSR count). The van der Waals surface area contributed by atoms with Crippen LogP contribution < -0.4 is 15.8 Å². The first-order valence-corrected chi connectivity index (χ1v) is 11.7.